The summed E-state index contributed by atoms with van der Waals surface area (Å²) in [6.45, 7) is 0.0399. The van der Waals surface area contributed by atoms with Crippen molar-refractivity contribution in [1.29, 1.82) is 0 Å². The Balaban J connectivity index is 1.79. The molecule has 2 aromatic carbocycles. The first-order valence-corrected chi connectivity index (χ1v) is 8.65. The summed E-state index contributed by atoms with van der Waals surface area (Å²) in [7, 11) is 0. The van der Waals surface area contributed by atoms with Gasteiger partial charge in [0.05, 0.1) is 0 Å². The van der Waals surface area contributed by atoms with Gasteiger partial charge in [-0.1, -0.05) is 48.2 Å². The maximum atomic E-state index is 12.6. The molecule has 0 saturated carbocycles. The lowest BCUT2D eigenvalue weighted by Crippen LogP contribution is -2.20. The van der Waals surface area contributed by atoms with E-state index in [1.165, 1.54) is 4.57 Å². The highest BCUT2D eigenvalue weighted by Gasteiger charge is 2.26. The minimum atomic E-state index is -4.21. The second kappa shape index (κ2) is 8.13. The summed E-state index contributed by atoms with van der Waals surface area (Å²) in [5.74, 6) is 6.13. The molecular weight excluding hydrogens is 351 g/mol. The molecule has 3 rings (SSSR count). The van der Waals surface area contributed by atoms with Gasteiger partial charge >= 0.3 is 6.18 Å². The molecule has 0 unspecified atom stereocenters. The Kier molecular flexibility index (Phi) is 5.66. The quantitative estimate of drug-likeness (QED) is 0.597. The number of hydrogen-bond donors (Lipinski definition) is 0. The van der Waals surface area contributed by atoms with E-state index in [-0.39, 0.29) is 18.5 Å². The third kappa shape index (κ3) is 5.24. The standard InChI is InChI=1S/C22H18F3NO/c23-22(24,25)13-5-14-26-15-12-19-11-10-18(16-20(19)21(26)27)9-4-8-17-6-2-1-3-7-17/h1-3,6-7,10-12,15-16H,5,8,13-14H2. The summed E-state index contributed by atoms with van der Waals surface area (Å²) in [5, 5.41) is 1.22. The van der Waals surface area contributed by atoms with Gasteiger partial charge in [-0.15, -0.1) is 0 Å². The Morgan fingerprint density at radius 3 is 2.52 bits per heavy atom. The molecule has 138 valence electrons. The molecule has 0 aliphatic carbocycles. The van der Waals surface area contributed by atoms with E-state index in [2.05, 4.69) is 11.8 Å². The molecule has 0 bridgehead atoms. The van der Waals surface area contributed by atoms with Crippen LogP contribution in [-0.4, -0.2) is 10.7 Å². The normalized spacial score (nSPS) is 11.2. The number of rotatable bonds is 4. The smallest absolute Gasteiger partial charge is 0.315 e. The Bertz CT molecular complexity index is 1040. The van der Waals surface area contributed by atoms with Crippen LogP contribution in [0.4, 0.5) is 13.2 Å². The van der Waals surface area contributed by atoms with Crippen LogP contribution >= 0.6 is 0 Å². The van der Waals surface area contributed by atoms with Gasteiger partial charge in [0, 0.05) is 36.5 Å². The van der Waals surface area contributed by atoms with Crippen molar-refractivity contribution in [3.63, 3.8) is 0 Å². The maximum absolute atomic E-state index is 12.6. The van der Waals surface area contributed by atoms with Crippen molar-refractivity contribution in [3.8, 4) is 11.8 Å². The van der Waals surface area contributed by atoms with Crippen LogP contribution in [0.15, 0.2) is 65.6 Å². The highest BCUT2D eigenvalue weighted by atomic mass is 19.4. The number of fused-ring (bicyclic) bond motifs is 1. The lowest BCUT2D eigenvalue weighted by atomic mass is 10.1. The molecule has 27 heavy (non-hydrogen) atoms. The van der Waals surface area contributed by atoms with E-state index in [1.807, 2.05) is 42.5 Å². The predicted molar refractivity (Wildman–Crippen MR) is 101 cm³/mol. The lowest BCUT2D eigenvalue weighted by Gasteiger charge is -2.09. The largest absolute Gasteiger partial charge is 0.389 e. The van der Waals surface area contributed by atoms with Crippen molar-refractivity contribution in [2.75, 3.05) is 0 Å². The topological polar surface area (TPSA) is 22.0 Å². The first-order chi connectivity index (χ1) is 12.9. The van der Waals surface area contributed by atoms with E-state index in [0.717, 1.165) is 10.9 Å². The zero-order chi connectivity index (χ0) is 19.3. The van der Waals surface area contributed by atoms with Crippen LogP contribution in [0.25, 0.3) is 10.8 Å². The van der Waals surface area contributed by atoms with Gasteiger partial charge in [-0.2, -0.15) is 13.2 Å². The van der Waals surface area contributed by atoms with Gasteiger partial charge in [0.1, 0.15) is 0 Å². The van der Waals surface area contributed by atoms with Crippen molar-refractivity contribution >= 4 is 10.8 Å². The average molecular weight is 369 g/mol. The molecule has 0 N–H and O–H groups in total. The molecule has 0 atom stereocenters. The molecule has 0 aliphatic rings. The van der Waals surface area contributed by atoms with Crippen LogP contribution in [0.5, 0.6) is 0 Å². The van der Waals surface area contributed by atoms with Crippen molar-refractivity contribution in [3.05, 3.63) is 82.3 Å². The second-order valence-corrected chi connectivity index (χ2v) is 6.30. The van der Waals surface area contributed by atoms with Crippen molar-refractivity contribution in [2.45, 2.75) is 32.0 Å². The van der Waals surface area contributed by atoms with E-state index >= 15 is 0 Å². The molecular formula is C22H18F3NO. The van der Waals surface area contributed by atoms with Crippen molar-refractivity contribution in [1.82, 2.24) is 4.57 Å². The van der Waals surface area contributed by atoms with Gasteiger partial charge in [0.25, 0.3) is 5.56 Å². The van der Waals surface area contributed by atoms with E-state index in [0.29, 0.717) is 17.4 Å². The van der Waals surface area contributed by atoms with Crippen LogP contribution in [-0.2, 0) is 13.0 Å². The molecule has 0 spiro atoms. The fourth-order valence-electron chi connectivity index (χ4n) is 2.83. The highest BCUT2D eigenvalue weighted by Crippen LogP contribution is 2.21. The summed E-state index contributed by atoms with van der Waals surface area (Å²) in [4.78, 5) is 12.6. The Morgan fingerprint density at radius 1 is 1.00 bits per heavy atom. The van der Waals surface area contributed by atoms with E-state index in [9.17, 15) is 18.0 Å². The average Bonchev–Trinajstić information content (AvgIpc) is 2.64. The van der Waals surface area contributed by atoms with E-state index in [1.54, 1.807) is 18.3 Å². The number of halogens is 3. The lowest BCUT2D eigenvalue weighted by molar-refractivity contribution is -0.135. The number of pyridine rings is 1. The fourth-order valence-corrected chi connectivity index (χ4v) is 2.83. The minimum absolute atomic E-state index is 0.0399. The second-order valence-electron chi connectivity index (χ2n) is 6.30. The Morgan fingerprint density at radius 2 is 1.78 bits per heavy atom. The molecule has 2 nitrogen and oxygen atoms in total. The summed E-state index contributed by atoms with van der Waals surface area (Å²) in [6, 6.07) is 16.9. The maximum Gasteiger partial charge on any atom is 0.389 e. The van der Waals surface area contributed by atoms with Gasteiger partial charge < -0.3 is 4.57 Å². The molecule has 0 radical (unpaired) electrons. The molecule has 5 heteroatoms. The van der Waals surface area contributed by atoms with E-state index in [4.69, 9.17) is 0 Å². The molecule has 3 aromatic rings. The Hall–Kier alpha value is -3.00. The zero-order valence-corrected chi connectivity index (χ0v) is 14.6. The summed E-state index contributed by atoms with van der Waals surface area (Å²) in [6.07, 6.45) is -3.08. The van der Waals surface area contributed by atoms with Crippen molar-refractivity contribution in [2.24, 2.45) is 0 Å². The number of aryl methyl sites for hydroxylation is 1. The minimum Gasteiger partial charge on any atom is -0.315 e. The van der Waals surface area contributed by atoms with Gasteiger partial charge in [-0.05, 0) is 35.6 Å². The number of benzene rings is 2. The Labute approximate surface area is 155 Å². The number of nitrogens with zero attached hydrogens (tertiary/aromatic N) is 1. The first kappa shape index (κ1) is 18.8. The number of hydrogen-bond acceptors (Lipinski definition) is 1. The molecule has 0 amide bonds. The molecule has 1 aromatic heterocycles. The van der Waals surface area contributed by atoms with Gasteiger partial charge in [0.15, 0.2) is 0 Å². The fraction of sp³-hybridized carbons (Fsp3) is 0.227. The third-order valence-corrected chi connectivity index (χ3v) is 4.21. The van der Waals surface area contributed by atoms with Gasteiger partial charge in [-0.25, -0.2) is 0 Å². The predicted octanol–water partition coefficient (Wildman–Crippen LogP) is 4.94. The van der Waals surface area contributed by atoms with E-state index < -0.39 is 12.6 Å². The monoisotopic (exact) mass is 369 g/mol. The third-order valence-electron chi connectivity index (χ3n) is 4.21. The summed E-state index contributed by atoms with van der Waals surface area (Å²) in [5.41, 5.74) is 1.53. The zero-order valence-electron chi connectivity index (χ0n) is 14.6. The highest BCUT2D eigenvalue weighted by molar-refractivity contribution is 5.82. The first-order valence-electron chi connectivity index (χ1n) is 8.65. The molecule has 0 aliphatic heterocycles. The van der Waals surface area contributed by atoms with Crippen LogP contribution in [0, 0.1) is 11.8 Å². The summed E-state index contributed by atoms with van der Waals surface area (Å²) < 4.78 is 38.2. The van der Waals surface area contributed by atoms with Crippen LogP contribution in [0.3, 0.4) is 0 Å². The molecule has 0 saturated heterocycles. The van der Waals surface area contributed by atoms with Gasteiger partial charge in [-0.3, -0.25) is 4.79 Å². The van der Waals surface area contributed by atoms with Gasteiger partial charge in [0.2, 0.25) is 0 Å². The number of aromatic nitrogens is 1. The van der Waals surface area contributed by atoms with Crippen LogP contribution < -0.4 is 5.56 Å². The number of alkyl halides is 3. The van der Waals surface area contributed by atoms with Crippen LogP contribution in [0.1, 0.15) is 24.0 Å². The SMILES string of the molecule is O=c1c2cc(C#CCc3ccccc3)ccc2ccn1CCCC(F)(F)F. The molecule has 0 fully saturated rings. The van der Waals surface area contributed by atoms with Crippen molar-refractivity contribution < 1.29 is 13.2 Å². The molecule has 1 heterocycles. The summed E-state index contributed by atoms with van der Waals surface area (Å²) >= 11 is 0. The van der Waals surface area contributed by atoms with Crippen LogP contribution in [0.2, 0.25) is 0 Å².